The third-order valence-electron chi connectivity index (χ3n) is 6.65. The maximum Gasteiger partial charge on any atom is 0.416 e. The summed E-state index contributed by atoms with van der Waals surface area (Å²) in [5.74, 6) is -0.734. The van der Waals surface area contributed by atoms with Crippen LogP contribution < -0.4 is 0 Å². The number of aryl methyl sites for hydroxylation is 1. The van der Waals surface area contributed by atoms with Crippen LogP contribution in [0.1, 0.15) is 58.4 Å². The summed E-state index contributed by atoms with van der Waals surface area (Å²) in [4.78, 5) is 33.1. The number of nitrogens with zero attached hydrogens (tertiary/aromatic N) is 3. The summed E-state index contributed by atoms with van der Waals surface area (Å²) >= 11 is 0. The van der Waals surface area contributed by atoms with E-state index in [-0.39, 0.29) is 55.6 Å². The number of halogens is 3. The topological polar surface area (TPSA) is 75.9 Å². The molecule has 3 aromatic rings. The highest BCUT2D eigenvalue weighted by atomic mass is 19.4. The van der Waals surface area contributed by atoms with Crippen LogP contribution in [0, 0.1) is 12.8 Å². The minimum Gasteiger partial charge on any atom is -0.466 e. The number of likely N-dealkylation sites (tertiary alicyclic amines) is 1. The molecular weight excluding hydrogens is 511 g/mol. The Hall–Kier alpha value is -3.66. The van der Waals surface area contributed by atoms with E-state index in [9.17, 15) is 22.8 Å². The maximum absolute atomic E-state index is 13.3. The van der Waals surface area contributed by atoms with Crippen LogP contribution >= 0.6 is 0 Å². The number of piperidine rings is 1. The van der Waals surface area contributed by atoms with Gasteiger partial charge in [-0.2, -0.15) is 13.2 Å². The van der Waals surface area contributed by atoms with Gasteiger partial charge >= 0.3 is 12.1 Å². The normalized spacial score (nSPS) is 15.9. The van der Waals surface area contributed by atoms with Gasteiger partial charge in [-0.05, 0) is 43.9 Å². The first-order valence-electron chi connectivity index (χ1n) is 13.0. The molecule has 1 amide bonds. The van der Waals surface area contributed by atoms with Gasteiger partial charge in [0.1, 0.15) is 6.26 Å². The van der Waals surface area contributed by atoms with Gasteiger partial charge in [-0.1, -0.05) is 48.0 Å². The van der Waals surface area contributed by atoms with Crippen LogP contribution in [0.4, 0.5) is 13.2 Å². The molecule has 10 heteroatoms. The Bertz CT molecular complexity index is 1270. The molecular formula is C29H32F3N3O4. The number of ether oxygens (including phenoxy) is 1. The Balaban J connectivity index is 1.49. The third kappa shape index (κ3) is 7.69. The molecule has 0 N–H and O–H groups in total. The second kappa shape index (κ2) is 12.5. The molecule has 1 aromatic heterocycles. The van der Waals surface area contributed by atoms with Gasteiger partial charge in [0, 0.05) is 26.2 Å². The molecule has 0 unspecified atom stereocenters. The quantitative estimate of drug-likeness (QED) is 0.326. The predicted molar refractivity (Wildman–Crippen MR) is 137 cm³/mol. The Morgan fingerprint density at radius 3 is 2.56 bits per heavy atom. The first kappa shape index (κ1) is 28.4. The van der Waals surface area contributed by atoms with Crippen LogP contribution in [0.25, 0.3) is 0 Å². The van der Waals surface area contributed by atoms with Crippen molar-refractivity contribution in [3.05, 3.63) is 88.6 Å². The SMILES string of the molecule is CCOC(=O)[C@H]1CCCN(C(=O)c2coc(CN(Cc3ccc(C)cc3)Cc3cccc(C(F)(F)F)c3)n2)C1. The summed E-state index contributed by atoms with van der Waals surface area (Å²) in [7, 11) is 0. The van der Waals surface area contributed by atoms with Crippen LogP contribution in [0.15, 0.2) is 59.2 Å². The van der Waals surface area contributed by atoms with Crippen LogP contribution in [-0.4, -0.2) is 46.4 Å². The van der Waals surface area contributed by atoms with E-state index in [1.807, 2.05) is 36.1 Å². The number of carbonyl (C=O) groups excluding carboxylic acids is 2. The highest BCUT2D eigenvalue weighted by molar-refractivity contribution is 5.92. The molecule has 1 aliphatic heterocycles. The van der Waals surface area contributed by atoms with Gasteiger partial charge in [-0.15, -0.1) is 0 Å². The number of hydrogen-bond acceptors (Lipinski definition) is 6. The van der Waals surface area contributed by atoms with Crippen molar-refractivity contribution in [1.29, 1.82) is 0 Å². The van der Waals surface area contributed by atoms with Crippen molar-refractivity contribution >= 4 is 11.9 Å². The van der Waals surface area contributed by atoms with Gasteiger partial charge in [-0.3, -0.25) is 14.5 Å². The van der Waals surface area contributed by atoms with Crippen LogP contribution in [-0.2, 0) is 35.3 Å². The second-order valence-electron chi connectivity index (χ2n) is 9.80. The first-order chi connectivity index (χ1) is 18.6. The number of alkyl halides is 3. The zero-order valence-electron chi connectivity index (χ0n) is 22.0. The highest BCUT2D eigenvalue weighted by Gasteiger charge is 2.32. The van der Waals surface area contributed by atoms with Crippen LogP contribution in [0.3, 0.4) is 0 Å². The number of amides is 1. The average molecular weight is 544 g/mol. The molecule has 0 aliphatic carbocycles. The van der Waals surface area contributed by atoms with E-state index in [1.54, 1.807) is 17.9 Å². The number of benzene rings is 2. The van der Waals surface area contributed by atoms with Gasteiger partial charge in [0.15, 0.2) is 5.69 Å². The predicted octanol–water partition coefficient (Wildman–Crippen LogP) is 5.62. The fourth-order valence-corrected chi connectivity index (χ4v) is 4.67. The van der Waals surface area contributed by atoms with E-state index < -0.39 is 11.7 Å². The fourth-order valence-electron chi connectivity index (χ4n) is 4.67. The molecule has 1 atom stereocenters. The molecule has 2 heterocycles. The molecule has 1 aliphatic rings. The number of rotatable bonds is 9. The standard InChI is InChI=1S/C29H32F3N3O4/c1-3-38-28(37)23-7-5-13-35(17-23)27(36)25-19-39-26(33-25)18-34(15-21-11-9-20(2)10-12-21)16-22-6-4-8-24(14-22)29(30,31)32/h4,6,8-12,14,19,23H,3,5,7,13,15-18H2,1-2H3/t23-/m0/s1. The van der Waals surface area contributed by atoms with Crippen molar-refractivity contribution in [2.24, 2.45) is 5.92 Å². The van der Waals surface area contributed by atoms with E-state index in [0.717, 1.165) is 23.3 Å². The zero-order valence-corrected chi connectivity index (χ0v) is 22.0. The summed E-state index contributed by atoms with van der Waals surface area (Å²) in [5.41, 5.74) is 2.00. The highest BCUT2D eigenvalue weighted by Crippen LogP contribution is 2.30. The van der Waals surface area contributed by atoms with E-state index >= 15 is 0 Å². The molecule has 0 bridgehead atoms. The molecule has 0 saturated carbocycles. The Labute approximate surface area is 225 Å². The first-order valence-corrected chi connectivity index (χ1v) is 13.0. The Morgan fingerprint density at radius 2 is 1.85 bits per heavy atom. The lowest BCUT2D eigenvalue weighted by Gasteiger charge is -2.30. The summed E-state index contributed by atoms with van der Waals surface area (Å²) in [6.07, 6.45) is -1.80. The van der Waals surface area contributed by atoms with Crippen molar-refractivity contribution in [3.8, 4) is 0 Å². The van der Waals surface area contributed by atoms with E-state index in [4.69, 9.17) is 9.15 Å². The van der Waals surface area contributed by atoms with Gasteiger partial charge in [-0.25, -0.2) is 4.98 Å². The van der Waals surface area contributed by atoms with Gasteiger partial charge < -0.3 is 14.1 Å². The van der Waals surface area contributed by atoms with Crippen molar-refractivity contribution in [3.63, 3.8) is 0 Å². The molecule has 208 valence electrons. The van der Waals surface area contributed by atoms with E-state index in [0.29, 0.717) is 31.5 Å². The van der Waals surface area contributed by atoms with Crippen LogP contribution in [0.5, 0.6) is 0 Å². The molecule has 7 nitrogen and oxygen atoms in total. The van der Waals surface area contributed by atoms with Crippen LogP contribution in [0.2, 0.25) is 0 Å². The summed E-state index contributed by atoms with van der Waals surface area (Å²) in [6, 6.07) is 13.1. The minimum absolute atomic E-state index is 0.129. The number of hydrogen-bond donors (Lipinski definition) is 0. The minimum atomic E-state index is -4.43. The molecule has 39 heavy (non-hydrogen) atoms. The summed E-state index contributed by atoms with van der Waals surface area (Å²) < 4.78 is 50.6. The summed E-state index contributed by atoms with van der Waals surface area (Å²) in [6.45, 7) is 5.62. The van der Waals surface area contributed by atoms with E-state index in [1.165, 1.54) is 12.3 Å². The molecule has 1 fully saturated rings. The lowest BCUT2D eigenvalue weighted by Crippen LogP contribution is -2.43. The monoisotopic (exact) mass is 543 g/mol. The van der Waals surface area contributed by atoms with Gasteiger partial charge in [0.2, 0.25) is 5.89 Å². The van der Waals surface area contributed by atoms with Crippen molar-refractivity contribution in [2.45, 2.75) is 52.5 Å². The van der Waals surface area contributed by atoms with Crippen molar-refractivity contribution in [1.82, 2.24) is 14.8 Å². The van der Waals surface area contributed by atoms with Gasteiger partial charge in [0.05, 0.1) is 24.6 Å². The van der Waals surface area contributed by atoms with Crippen molar-refractivity contribution in [2.75, 3.05) is 19.7 Å². The number of esters is 1. The molecule has 1 saturated heterocycles. The second-order valence-corrected chi connectivity index (χ2v) is 9.80. The molecule has 0 radical (unpaired) electrons. The number of oxazole rings is 1. The lowest BCUT2D eigenvalue weighted by atomic mass is 9.98. The lowest BCUT2D eigenvalue weighted by molar-refractivity contribution is -0.149. The maximum atomic E-state index is 13.3. The number of aromatic nitrogens is 1. The Morgan fingerprint density at radius 1 is 1.10 bits per heavy atom. The Kier molecular flexibility index (Phi) is 9.06. The average Bonchev–Trinajstić information content (AvgIpc) is 3.38. The smallest absolute Gasteiger partial charge is 0.416 e. The fraction of sp³-hybridized carbons (Fsp3) is 0.414. The molecule has 4 rings (SSSR count). The summed E-state index contributed by atoms with van der Waals surface area (Å²) in [5, 5.41) is 0. The zero-order chi connectivity index (χ0) is 28.0. The largest absolute Gasteiger partial charge is 0.466 e. The third-order valence-corrected chi connectivity index (χ3v) is 6.65. The number of carbonyl (C=O) groups is 2. The van der Waals surface area contributed by atoms with Gasteiger partial charge in [0.25, 0.3) is 5.91 Å². The van der Waals surface area contributed by atoms with Crippen molar-refractivity contribution < 1.29 is 31.9 Å². The molecule has 0 spiro atoms. The van der Waals surface area contributed by atoms with E-state index in [2.05, 4.69) is 4.98 Å². The molecule has 2 aromatic carbocycles.